The summed E-state index contributed by atoms with van der Waals surface area (Å²) in [6.45, 7) is 5.80. The molecule has 6 heteroatoms. The molecule has 1 N–H and O–H groups in total. The zero-order chi connectivity index (χ0) is 15.7. The van der Waals surface area contributed by atoms with Crippen molar-refractivity contribution in [1.29, 1.82) is 0 Å². The number of para-hydroxylation sites is 1. The second kappa shape index (κ2) is 6.32. The van der Waals surface area contributed by atoms with Gasteiger partial charge >= 0.3 is 0 Å². The molecule has 0 aliphatic heterocycles. The van der Waals surface area contributed by atoms with Gasteiger partial charge in [-0.05, 0) is 25.2 Å². The fraction of sp³-hybridized carbons (Fsp3) is 0.375. The topological polar surface area (TPSA) is 35.4 Å². The molecular weight excluding hydrogens is 314 g/mol. The number of aromatic nitrogens is 2. The molecule has 0 saturated carbocycles. The van der Waals surface area contributed by atoms with E-state index in [0.29, 0.717) is 0 Å². The van der Waals surface area contributed by atoms with Gasteiger partial charge in [-0.1, -0.05) is 36.5 Å². The first kappa shape index (κ1) is 15.4. The van der Waals surface area contributed by atoms with Crippen molar-refractivity contribution >= 4 is 34.5 Å². The maximum absolute atomic E-state index is 5.97. The van der Waals surface area contributed by atoms with Gasteiger partial charge in [-0.2, -0.15) is 9.78 Å². The highest BCUT2D eigenvalue weighted by atomic mass is 32.1. The van der Waals surface area contributed by atoms with Crippen molar-refractivity contribution in [2.24, 2.45) is 0 Å². The summed E-state index contributed by atoms with van der Waals surface area (Å²) in [5, 5.41) is 6.70. The predicted octanol–water partition coefficient (Wildman–Crippen LogP) is 2.96. The van der Waals surface area contributed by atoms with Gasteiger partial charge in [0, 0.05) is 11.8 Å². The van der Waals surface area contributed by atoms with Crippen LogP contribution in [0.1, 0.15) is 23.3 Å². The Balaban J connectivity index is 1.86. The SMILES string of the molecule is CCc1oc2ccccc2c1C[NH+](C)Cn1nc(C)sc1=S. The van der Waals surface area contributed by atoms with Crippen molar-refractivity contribution in [3.05, 3.63) is 44.6 Å². The molecule has 2 aromatic heterocycles. The van der Waals surface area contributed by atoms with Crippen LogP contribution in [-0.4, -0.2) is 16.8 Å². The minimum Gasteiger partial charge on any atom is -0.461 e. The van der Waals surface area contributed by atoms with Gasteiger partial charge in [0.2, 0.25) is 0 Å². The largest absolute Gasteiger partial charge is 0.461 e. The molecule has 22 heavy (non-hydrogen) atoms. The van der Waals surface area contributed by atoms with Crippen molar-refractivity contribution in [2.45, 2.75) is 33.5 Å². The summed E-state index contributed by atoms with van der Waals surface area (Å²) < 4.78 is 8.73. The Morgan fingerprint density at radius 1 is 1.36 bits per heavy atom. The molecule has 0 amide bonds. The third kappa shape index (κ3) is 2.99. The number of hydrogen-bond donors (Lipinski definition) is 1. The molecule has 116 valence electrons. The summed E-state index contributed by atoms with van der Waals surface area (Å²) in [7, 11) is 2.16. The zero-order valence-corrected chi connectivity index (χ0v) is 14.7. The van der Waals surface area contributed by atoms with Crippen molar-refractivity contribution in [2.75, 3.05) is 7.05 Å². The maximum atomic E-state index is 5.97. The first-order valence-electron chi connectivity index (χ1n) is 7.43. The van der Waals surface area contributed by atoms with Crippen molar-refractivity contribution in [3.8, 4) is 0 Å². The minimum absolute atomic E-state index is 0.770. The van der Waals surface area contributed by atoms with Crippen LogP contribution < -0.4 is 4.90 Å². The quantitative estimate of drug-likeness (QED) is 0.729. The summed E-state index contributed by atoms with van der Waals surface area (Å²) in [6.07, 6.45) is 0.909. The minimum atomic E-state index is 0.770. The van der Waals surface area contributed by atoms with Gasteiger partial charge in [-0.25, -0.2) is 0 Å². The molecule has 0 saturated heterocycles. The lowest BCUT2D eigenvalue weighted by Gasteiger charge is -2.13. The Labute approximate surface area is 139 Å². The Bertz CT molecular complexity index is 847. The van der Waals surface area contributed by atoms with Crippen molar-refractivity contribution in [3.63, 3.8) is 0 Å². The van der Waals surface area contributed by atoms with E-state index in [0.717, 1.165) is 39.9 Å². The van der Waals surface area contributed by atoms with Crippen LogP contribution in [0.4, 0.5) is 0 Å². The monoisotopic (exact) mass is 334 g/mol. The van der Waals surface area contributed by atoms with E-state index in [1.54, 1.807) is 11.3 Å². The van der Waals surface area contributed by atoms with Crippen LogP contribution in [0.25, 0.3) is 11.0 Å². The molecular formula is C16H20N3OS2+. The molecule has 2 heterocycles. The Hall–Kier alpha value is -1.50. The van der Waals surface area contributed by atoms with E-state index < -0.39 is 0 Å². The molecule has 0 aliphatic rings. The molecule has 3 rings (SSSR count). The lowest BCUT2D eigenvalue weighted by molar-refractivity contribution is -0.917. The number of quaternary nitrogens is 1. The fourth-order valence-corrected chi connectivity index (χ4v) is 3.82. The standard InChI is InChI=1S/C16H19N3OS2/c1-4-14-13(12-7-5-6-8-15(12)20-14)9-18(3)10-19-16(21)22-11(2)17-19/h5-8H,4,9-10H2,1-3H3/p+1. The summed E-state index contributed by atoms with van der Waals surface area (Å²) in [5.41, 5.74) is 2.28. The predicted molar refractivity (Wildman–Crippen MR) is 91.9 cm³/mol. The Kier molecular flexibility index (Phi) is 4.42. The normalized spacial score (nSPS) is 12.9. The van der Waals surface area contributed by atoms with Gasteiger partial charge in [-0.15, -0.1) is 0 Å². The van der Waals surface area contributed by atoms with E-state index in [-0.39, 0.29) is 0 Å². The third-order valence-electron chi connectivity index (χ3n) is 3.71. The van der Waals surface area contributed by atoms with E-state index in [1.807, 2.05) is 23.7 Å². The maximum Gasteiger partial charge on any atom is 0.184 e. The van der Waals surface area contributed by atoms with Crippen LogP contribution in [0.2, 0.25) is 0 Å². The number of fused-ring (bicyclic) bond motifs is 1. The van der Waals surface area contributed by atoms with Crippen LogP contribution in [0.5, 0.6) is 0 Å². The summed E-state index contributed by atoms with van der Waals surface area (Å²) in [4.78, 5) is 1.34. The molecule has 0 radical (unpaired) electrons. The van der Waals surface area contributed by atoms with E-state index in [2.05, 4.69) is 31.2 Å². The first-order chi connectivity index (χ1) is 10.6. The number of nitrogens with zero attached hydrogens (tertiary/aromatic N) is 2. The second-order valence-electron chi connectivity index (χ2n) is 5.53. The Morgan fingerprint density at radius 2 is 2.14 bits per heavy atom. The van der Waals surface area contributed by atoms with Gasteiger partial charge < -0.3 is 9.32 Å². The molecule has 0 fully saturated rings. The highest BCUT2D eigenvalue weighted by Gasteiger charge is 2.17. The molecule has 0 spiro atoms. The summed E-state index contributed by atoms with van der Waals surface area (Å²) >= 11 is 6.92. The number of hydrogen-bond acceptors (Lipinski definition) is 4. The third-order valence-corrected chi connectivity index (χ3v) is 4.93. The highest BCUT2D eigenvalue weighted by Crippen LogP contribution is 2.25. The van der Waals surface area contributed by atoms with E-state index in [4.69, 9.17) is 16.6 Å². The number of nitrogens with one attached hydrogen (secondary N) is 1. The number of aryl methyl sites for hydroxylation is 2. The van der Waals surface area contributed by atoms with E-state index >= 15 is 0 Å². The summed E-state index contributed by atoms with van der Waals surface area (Å²) in [5.74, 6) is 1.08. The first-order valence-corrected chi connectivity index (χ1v) is 8.66. The van der Waals surface area contributed by atoms with Gasteiger partial charge in [0.15, 0.2) is 10.6 Å². The van der Waals surface area contributed by atoms with Crippen LogP contribution in [-0.2, 0) is 19.6 Å². The molecule has 4 nitrogen and oxygen atoms in total. The van der Waals surface area contributed by atoms with Crippen LogP contribution in [0, 0.1) is 10.9 Å². The number of furan rings is 1. The van der Waals surface area contributed by atoms with Crippen LogP contribution in [0.15, 0.2) is 28.7 Å². The average molecular weight is 334 g/mol. The van der Waals surface area contributed by atoms with Gasteiger partial charge in [0.25, 0.3) is 0 Å². The smallest absolute Gasteiger partial charge is 0.184 e. The van der Waals surface area contributed by atoms with Crippen molar-refractivity contribution < 1.29 is 9.32 Å². The average Bonchev–Trinajstić information content (AvgIpc) is 2.99. The lowest BCUT2D eigenvalue weighted by Crippen LogP contribution is -3.07. The fourth-order valence-electron chi connectivity index (χ4n) is 2.75. The summed E-state index contributed by atoms with van der Waals surface area (Å²) in [6, 6.07) is 8.26. The van der Waals surface area contributed by atoms with E-state index in [1.165, 1.54) is 15.8 Å². The van der Waals surface area contributed by atoms with Gasteiger partial charge in [-0.3, -0.25) is 0 Å². The van der Waals surface area contributed by atoms with Crippen LogP contribution >= 0.6 is 23.6 Å². The van der Waals surface area contributed by atoms with Crippen LogP contribution in [0.3, 0.4) is 0 Å². The molecule has 3 aromatic rings. The second-order valence-corrected chi connectivity index (χ2v) is 7.36. The lowest BCUT2D eigenvalue weighted by atomic mass is 10.1. The molecule has 0 bridgehead atoms. The number of benzene rings is 1. The zero-order valence-electron chi connectivity index (χ0n) is 13.0. The van der Waals surface area contributed by atoms with Crippen molar-refractivity contribution in [1.82, 2.24) is 9.78 Å². The van der Waals surface area contributed by atoms with E-state index in [9.17, 15) is 0 Å². The molecule has 1 atom stereocenters. The molecule has 1 aromatic carbocycles. The number of rotatable bonds is 5. The van der Waals surface area contributed by atoms with Gasteiger partial charge in [0.1, 0.15) is 22.9 Å². The van der Waals surface area contributed by atoms with Gasteiger partial charge in [0.05, 0.1) is 12.6 Å². The highest BCUT2D eigenvalue weighted by molar-refractivity contribution is 7.73. The Morgan fingerprint density at radius 3 is 2.82 bits per heavy atom. The molecule has 1 unspecified atom stereocenters. The molecule has 0 aliphatic carbocycles.